The summed E-state index contributed by atoms with van der Waals surface area (Å²) in [6.45, 7) is 10.4. The van der Waals surface area contributed by atoms with Crippen molar-refractivity contribution in [2.45, 2.75) is 123 Å². The lowest BCUT2D eigenvalue weighted by Crippen LogP contribution is -2.62. The zero-order valence-electron chi connectivity index (χ0n) is 31.7. The standard InChI is InChI=1S/C36H55N7O11/c1-7-13-28(45)43(39-23(6)24-14-10-9-11-15-24)40-33(50)26-16-12-19-41(26)36(53)31(21(3)4)38-34(51)32(22(5)8-2)42(54)35(52)25(20-30(48)49)37-27(44)17-18-29(46)47/h9-11,14-15,21-23,25-26,31-32,39,54H,7-8,12-13,16-20H2,1-6H3,(H,37,44)(H,38,51)(H,40,50)(H,46,47)(H,48,49)/t22?,23-,25+,26-,31-,32-/m0/s1. The summed E-state index contributed by atoms with van der Waals surface area (Å²) in [5.74, 6) is -8.95. The quantitative estimate of drug-likeness (QED) is 0.0737. The van der Waals surface area contributed by atoms with Crippen LogP contribution in [0.4, 0.5) is 0 Å². The molecule has 7 N–H and O–H groups in total. The van der Waals surface area contributed by atoms with Crippen molar-refractivity contribution >= 4 is 47.4 Å². The van der Waals surface area contributed by atoms with E-state index in [1.165, 1.54) is 4.90 Å². The smallest absolute Gasteiger partial charge is 0.305 e. The summed E-state index contributed by atoms with van der Waals surface area (Å²) in [7, 11) is 0. The number of likely N-dealkylation sites (tertiary alicyclic amines) is 1. The van der Waals surface area contributed by atoms with Crippen molar-refractivity contribution in [1.29, 1.82) is 0 Å². The maximum atomic E-state index is 14.1. The Morgan fingerprint density at radius 1 is 0.889 bits per heavy atom. The van der Waals surface area contributed by atoms with Crippen molar-refractivity contribution in [3.63, 3.8) is 0 Å². The Hall–Kier alpha value is -5.10. The van der Waals surface area contributed by atoms with E-state index in [4.69, 9.17) is 5.11 Å². The highest BCUT2D eigenvalue weighted by Crippen LogP contribution is 2.22. The number of hydroxylamine groups is 2. The topological polar surface area (TPSA) is 255 Å². The van der Waals surface area contributed by atoms with Gasteiger partial charge in [-0.15, -0.1) is 0 Å². The molecule has 0 bridgehead atoms. The molecule has 1 heterocycles. The molecule has 300 valence electrons. The number of amides is 6. The van der Waals surface area contributed by atoms with Crippen LogP contribution in [-0.2, 0) is 38.4 Å². The van der Waals surface area contributed by atoms with Crippen LogP contribution in [0.3, 0.4) is 0 Å². The number of carboxylic acid groups (broad SMARTS) is 2. The van der Waals surface area contributed by atoms with E-state index in [0.717, 1.165) is 10.7 Å². The van der Waals surface area contributed by atoms with Crippen LogP contribution in [0.15, 0.2) is 30.3 Å². The molecule has 0 saturated carbocycles. The fraction of sp³-hybridized carbons (Fsp3) is 0.611. The molecule has 18 heteroatoms. The van der Waals surface area contributed by atoms with Gasteiger partial charge in [-0.1, -0.05) is 71.4 Å². The second-order valence-electron chi connectivity index (χ2n) is 13.8. The Balaban J connectivity index is 2.29. The number of nitrogens with one attached hydrogen (secondary N) is 4. The van der Waals surface area contributed by atoms with Crippen LogP contribution in [0.2, 0.25) is 0 Å². The van der Waals surface area contributed by atoms with Gasteiger partial charge in [0.05, 0.1) is 18.9 Å². The number of carbonyl (C=O) groups is 8. The molecule has 1 saturated heterocycles. The van der Waals surface area contributed by atoms with Gasteiger partial charge in [0.25, 0.3) is 17.7 Å². The third kappa shape index (κ3) is 13.1. The number of hydrogen-bond donors (Lipinski definition) is 7. The first kappa shape index (κ1) is 45.1. The molecule has 0 spiro atoms. The van der Waals surface area contributed by atoms with Crippen LogP contribution in [0.25, 0.3) is 0 Å². The number of benzene rings is 1. The van der Waals surface area contributed by atoms with Crippen molar-refractivity contribution in [1.82, 2.24) is 36.6 Å². The lowest BCUT2D eigenvalue weighted by Gasteiger charge is -2.35. The molecule has 1 aromatic rings. The molecule has 2 rings (SSSR count). The fourth-order valence-corrected chi connectivity index (χ4v) is 5.91. The summed E-state index contributed by atoms with van der Waals surface area (Å²) in [5.41, 5.74) is 6.53. The second-order valence-corrected chi connectivity index (χ2v) is 13.8. The first-order valence-corrected chi connectivity index (χ1v) is 18.2. The molecule has 6 atom stereocenters. The van der Waals surface area contributed by atoms with Crippen molar-refractivity contribution in [3.8, 4) is 0 Å². The molecule has 1 aromatic carbocycles. The minimum absolute atomic E-state index is 0.0356. The van der Waals surface area contributed by atoms with E-state index in [0.29, 0.717) is 12.8 Å². The van der Waals surface area contributed by atoms with Crippen molar-refractivity contribution in [2.24, 2.45) is 11.8 Å². The van der Waals surface area contributed by atoms with E-state index in [9.17, 15) is 48.7 Å². The number of hydrogen-bond acceptors (Lipinski definition) is 10. The number of hydrazine groups is 2. The van der Waals surface area contributed by atoms with Gasteiger partial charge in [-0.25, -0.2) is 15.9 Å². The van der Waals surface area contributed by atoms with Gasteiger partial charge in [-0.3, -0.25) is 43.6 Å². The van der Waals surface area contributed by atoms with E-state index in [2.05, 4.69) is 21.5 Å². The Morgan fingerprint density at radius 2 is 1.54 bits per heavy atom. The number of carbonyl (C=O) groups excluding carboxylic acids is 6. The normalized spacial score (nSPS) is 16.7. The molecule has 54 heavy (non-hydrogen) atoms. The number of nitrogens with zero attached hydrogens (tertiary/aromatic N) is 3. The number of aliphatic carboxylic acids is 2. The first-order valence-electron chi connectivity index (χ1n) is 18.2. The molecule has 1 aliphatic rings. The van der Waals surface area contributed by atoms with Gasteiger partial charge in [0.15, 0.2) is 0 Å². The third-order valence-electron chi connectivity index (χ3n) is 9.15. The second kappa shape index (κ2) is 21.6. The van der Waals surface area contributed by atoms with Gasteiger partial charge < -0.3 is 25.7 Å². The molecule has 1 aliphatic heterocycles. The minimum Gasteiger partial charge on any atom is -0.481 e. The van der Waals surface area contributed by atoms with Crippen LogP contribution in [0.5, 0.6) is 0 Å². The van der Waals surface area contributed by atoms with Crippen LogP contribution >= 0.6 is 0 Å². The predicted octanol–water partition coefficient (Wildman–Crippen LogP) is 1.50. The van der Waals surface area contributed by atoms with Gasteiger partial charge in [0.1, 0.15) is 24.2 Å². The Kier molecular flexibility index (Phi) is 18.0. The van der Waals surface area contributed by atoms with Crippen molar-refractivity contribution in [3.05, 3.63) is 35.9 Å². The van der Waals surface area contributed by atoms with E-state index in [1.54, 1.807) is 27.7 Å². The maximum absolute atomic E-state index is 14.1. The van der Waals surface area contributed by atoms with Gasteiger partial charge in [-0.05, 0) is 43.6 Å². The highest BCUT2D eigenvalue weighted by atomic mass is 16.5. The average molecular weight is 762 g/mol. The summed E-state index contributed by atoms with van der Waals surface area (Å²) < 4.78 is 0. The number of rotatable bonds is 20. The Morgan fingerprint density at radius 3 is 2.09 bits per heavy atom. The molecule has 18 nitrogen and oxygen atoms in total. The summed E-state index contributed by atoms with van der Waals surface area (Å²) in [6, 6.07) is 3.22. The van der Waals surface area contributed by atoms with Gasteiger partial charge in [0.2, 0.25) is 17.7 Å². The van der Waals surface area contributed by atoms with Gasteiger partial charge >= 0.3 is 11.9 Å². The summed E-state index contributed by atoms with van der Waals surface area (Å²) in [5, 5.41) is 35.1. The molecular formula is C36H55N7O11. The van der Waals surface area contributed by atoms with E-state index in [1.807, 2.05) is 44.2 Å². The predicted molar refractivity (Wildman–Crippen MR) is 192 cm³/mol. The largest absolute Gasteiger partial charge is 0.481 e. The molecule has 1 unspecified atom stereocenters. The summed E-state index contributed by atoms with van der Waals surface area (Å²) >= 11 is 0. The molecular weight excluding hydrogens is 706 g/mol. The Labute approximate surface area is 314 Å². The van der Waals surface area contributed by atoms with E-state index < -0.39 is 96.7 Å². The molecule has 1 fully saturated rings. The zero-order chi connectivity index (χ0) is 40.7. The molecule has 0 aromatic heterocycles. The van der Waals surface area contributed by atoms with Crippen LogP contribution < -0.4 is 21.5 Å². The van der Waals surface area contributed by atoms with Crippen molar-refractivity contribution in [2.75, 3.05) is 6.54 Å². The minimum atomic E-state index is -1.84. The van der Waals surface area contributed by atoms with Crippen LogP contribution in [0.1, 0.15) is 105 Å². The zero-order valence-corrected chi connectivity index (χ0v) is 31.7. The maximum Gasteiger partial charge on any atom is 0.305 e. The van der Waals surface area contributed by atoms with Crippen LogP contribution in [0, 0.1) is 11.8 Å². The third-order valence-corrected chi connectivity index (χ3v) is 9.15. The monoisotopic (exact) mass is 761 g/mol. The first-order chi connectivity index (χ1) is 25.4. The molecule has 6 amide bonds. The van der Waals surface area contributed by atoms with E-state index in [-0.39, 0.29) is 42.8 Å². The molecule has 0 radical (unpaired) electrons. The fourth-order valence-electron chi connectivity index (χ4n) is 5.91. The van der Waals surface area contributed by atoms with E-state index >= 15 is 0 Å². The Bertz CT molecular complexity index is 1490. The van der Waals surface area contributed by atoms with Gasteiger partial charge in [-0.2, -0.15) is 5.12 Å². The van der Waals surface area contributed by atoms with Crippen LogP contribution in [-0.4, -0.2) is 109 Å². The summed E-state index contributed by atoms with van der Waals surface area (Å²) in [6.07, 6.45) is -0.498. The highest BCUT2D eigenvalue weighted by molar-refractivity contribution is 5.96. The number of carboxylic acids is 2. The average Bonchev–Trinajstić information content (AvgIpc) is 3.62. The van der Waals surface area contributed by atoms with Gasteiger partial charge in [0, 0.05) is 19.4 Å². The lowest BCUT2D eigenvalue weighted by atomic mass is 9.95. The lowest BCUT2D eigenvalue weighted by molar-refractivity contribution is -0.187. The highest BCUT2D eigenvalue weighted by Gasteiger charge is 2.43. The molecule has 0 aliphatic carbocycles. The summed E-state index contributed by atoms with van der Waals surface area (Å²) in [4.78, 5) is 104. The van der Waals surface area contributed by atoms with Crippen molar-refractivity contribution < 1.29 is 53.8 Å². The SMILES string of the molecule is CCCC(=O)N(NC(=O)[C@@H]1CCCN1C(=O)[C@@H](NC(=O)[C@H](C(C)CC)N(O)C(=O)[C@@H](CC(=O)O)NC(=O)CCC(=O)O)C(C)C)N[C@@H](C)c1ccccc1.